The van der Waals surface area contributed by atoms with E-state index in [4.69, 9.17) is 0 Å². The Hall–Kier alpha value is -3.60. The van der Waals surface area contributed by atoms with Gasteiger partial charge < -0.3 is 20.8 Å². The molecule has 0 saturated heterocycles. The Kier molecular flexibility index (Phi) is 6.22. The summed E-state index contributed by atoms with van der Waals surface area (Å²) in [6.07, 6.45) is 1.56. The number of nitrogens with zero attached hydrogens (tertiary/aromatic N) is 2. The van der Waals surface area contributed by atoms with Gasteiger partial charge in [0.1, 0.15) is 16.9 Å². The van der Waals surface area contributed by atoms with Gasteiger partial charge in [0.15, 0.2) is 5.75 Å². The molecule has 0 fully saturated rings. The highest BCUT2D eigenvalue weighted by molar-refractivity contribution is 6.04. The Morgan fingerprint density at radius 3 is 2.63 bits per heavy atom. The van der Waals surface area contributed by atoms with Crippen LogP contribution in [0, 0.1) is 11.2 Å². The van der Waals surface area contributed by atoms with Crippen molar-refractivity contribution in [3.8, 4) is 5.75 Å². The number of anilines is 1. The summed E-state index contributed by atoms with van der Waals surface area (Å²) in [5.41, 5.74) is -1.40. The van der Waals surface area contributed by atoms with Crippen LogP contribution < -0.4 is 16.2 Å². The van der Waals surface area contributed by atoms with Crippen molar-refractivity contribution in [2.24, 2.45) is 5.41 Å². The van der Waals surface area contributed by atoms with Gasteiger partial charge in [-0.3, -0.25) is 19.1 Å². The highest BCUT2D eigenvalue weighted by Crippen LogP contribution is 2.36. The third-order valence-corrected chi connectivity index (χ3v) is 5.93. The van der Waals surface area contributed by atoms with Gasteiger partial charge in [-0.15, -0.1) is 0 Å². The zero-order valence-electron chi connectivity index (χ0n) is 19.2. The number of carbonyl (C=O) groups is 1. The van der Waals surface area contributed by atoms with E-state index < -0.39 is 53.0 Å². The summed E-state index contributed by atoms with van der Waals surface area (Å²) >= 11 is 0. The lowest BCUT2D eigenvalue weighted by atomic mass is 9.95. The summed E-state index contributed by atoms with van der Waals surface area (Å²) in [4.78, 5) is 30.3. The molecule has 1 amide bonds. The number of aromatic nitrogens is 2. The number of aliphatic hydroxyl groups is 1. The van der Waals surface area contributed by atoms with Crippen molar-refractivity contribution < 1.29 is 28.2 Å². The zero-order chi connectivity index (χ0) is 25.5. The molecule has 186 valence electrons. The number of rotatable bonds is 6. The number of hydrogen-bond donors (Lipinski definition) is 4. The van der Waals surface area contributed by atoms with Gasteiger partial charge >= 0.3 is 0 Å². The van der Waals surface area contributed by atoms with Crippen LogP contribution in [0.15, 0.2) is 35.3 Å². The van der Waals surface area contributed by atoms with E-state index in [0.29, 0.717) is 11.1 Å². The maximum Gasteiger partial charge on any atom is 0.282 e. The number of alkyl halides is 2. The molecule has 1 aliphatic rings. The summed E-state index contributed by atoms with van der Waals surface area (Å²) in [5.74, 6) is -5.44. The van der Waals surface area contributed by atoms with E-state index in [1.807, 2.05) is 0 Å². The van der Waals surface area contributed by atoms with Crippen LogP contribution in [-0.2, 0) is 13.0 Å². The van der Waals surface area contributed by atoms with Crippen molar-refractivity contribution in [1.82, 2.24) is 14.9 Å². The first-order valence-electron chi connectivity index (χ1n) is 10.9. The maximum absolute atomic E-state index is 14.6. The first-order chi connectivity index (χ1) is 16.4. The molecule has 0 spiro atoms. The van der Waals surface area contributed by atoms with Crippen LogP contribution in [0.3, 0.4) is 0 Å². The molecule has 4 rings (SSSR count). The second-order valence-electron chi connectivity index (χ2n) is 9.49. The molecule has 11 heteroatoms. The number of benzene rings is 1. The number of pyridine rings is 2. The molecule has 3 heterocycles. The Bertz CT molecular complexity index is 1350. The molecule has 1 aromatic carbocycles. The fraction of sp³-hybridized carbons (Fsp3) is 0.375. The minimum atomic E-state index is -3.34. The van der Waals surface area contributed by atoms with Crippen molar-refractivity contribution >= 4 is 22.6 Å². The van der Waals surface area contributed by atoms with E-state index in [0.717, 1.165) is 4.57 Å². The molecule has 0 aliphatic carbocycles. The van der Waals surface area contributed by atoms with Crippen LogP contribution in [0.2, 0.25) is 0 Å². The highest BCUT2D eigenvalue weighted by Gasteiger charge is 2.37. The van der Waals surface area contributed by atoms with Gasteiger partial charge in [-0.25, -0.2) is 13.2 Å². The molecule has 8 nitrogen and oxygen atoms in total. The normalized spacial score (nSPS) is 14.9. The van der Waals surface area contributed by atoms with Gasteiger partial charge in [0.05, 0.1) is 24.3 Å². The second kappa shape index (κ2) is 8.88. The second-order valence-corrected chi connectivity index (χ2v) is 9.49. The van der Waals surface area contributed by atoms with Gasteiger partial charge in [-0.05, 0) is 17.7 Å². The Morgan fingerprint density at radius 2 is 1.97 bits per heavy atom. The van der Waals surface area contributed by atoms with Crippen LogP contribution >= 0.6 is 0 Å². The predicted molar refractivity (Wildman–Crippen MR) is 124 cm³/mol. The molecule has 0 saturated carbocycles. The first-order valence-corrected chi connectivity index (χ1v) is 10.9. The molecule has 2 aromatic heterocycles. The maximum atomic E-state index is 14.6. The summed E-state index contributed by atoms with van der Waals surface area (Å²) in [6.45, 7) is 1.28. The number of hydrogen-bond acceptors (Lipinski definition) is 6. The third kappa shape index (κ3) is 4.81. The van der Waals surface area contributed by atoms with Crippen molar-refractivity contribution in [2.75, 3.05) is 25.0 Å². The summed E-state index contributed by atoms with van der Waals surface area (Å²) in [7, 11) is 0. The zero-order valence-corrected chi connectivity index (χ0v) is 19.2. The number of nitrogens with one attached hydrogen (secondary N) is 2. The molecule has 0 radical (unpaired) electrons. The van der Waals surface area contributed by atoms with Crippen molar-refractivity contribution in [3.63, 3.8) is 0 Å². The smallest absolute Gasteiger partial charge is 0.282 e. The van der Waals surface area contributed by atoms with E-state index in [1.54, 1.807) is 26.0 Å². The number of halogens is 3. The number of carbonyl (C=O) groups excluding carboxylic acids is 1. The van der Waals surface area contributed by atoms with Crippen molar-refractivity contribution in [2.45, 2.75) is 32.7 Å². The van der Waals surface area contributed by atoms with Crippen LogP contribution in [0.4, 0.5) is 18.9 Å². The van der Waals surface area contributed by atoms with Crippen molar-refractivity contribution in [1.29, 1.82) is 0 Å². The summed E-state index contributed by atoms with van der Waals surface area (Å²) in [5, 5.41) is 25.4. The topological polar surface area (TPSA) is 116 Å². The Morgan fingerprint density at radius 1 is 1.29 bits per heavy atom. The van der Waals surface area contributed by atoms with Crippen LogP contribution in [-0.4, -0.2) is 51.3 Å². The van der Waals surface area contributed by atoms with Gasteiger partial charge in [0.25, 0.3) is 17.4 Å². The van der Waals surface area contributed by atoms with Gasteiger partial charge in [0.2, 0.25) is 0 Å². The van der Waals surface area contributed by atoms with Gasteiger partial charge in [-0.2, -0.15) is 0 Å². The average Bonchev–Trinajstić information content (AvgIpc) is 2.95. The minimum absolute atomic E-state index is 0.0216. The lowest BCUT2D eigenvalue weighted by molar-refractivity contribution is -0.000940. The van der Waals surface area contributed by atoms with E-state index in [9.17, 15) is 33.0 Å². The van der Waals surface area contributed by atoms with Crippen LogP contribution in [0.1, 0.15) is 35.3 Å². The molecular formula is C24H25F3N4O4. The van der Waals surface area contributed by atoms with Gasteiger partial charge in [0, 0.05) is 36.7 Å². The standard InChI is InChI=1S/C24H25F3N4O4/c1-23(2,12-32)9-30-21(34)16-20(33)18-19-17(29-10-24(26,27)11-31(19)22(16)35)14(8-28-18)7-13-3-5-15(25)6-4-13/h3-6,8,29,32-33H,7,9-12H2,1-2H3,(H,30,34). The molecule has 4 N–H and O–H groups in total. The van der Waals surface area contributed by atoms with Crippen LogP contribution in [0.5, 0.6) is 5.75 Å². The molecule has 35 heavy (non-hydrogen) atoms. The fourth-order valence-electron chi connectivity index (χ4n) is 3.91. The molecule has 0 unspecified atom stereocenters. The largest absolute Gasteiger partial charge is 0.505 e. The molecule has 0 bridgehead atoms. The van der Waals surface area contributed by atoms with Crippen molar-refractivity contribution in [3.05, 3.63) is 63.3 Å². The van der Waals surface area contributed by atoms with E-state index in [-0.39, 0.29) is 36.3 Å². The monoisotopic (exact) mass is 490 g/mol. The van der Waals surface area contributed by atoms with Gasteiger partial charge in [-0.1, -0.05) is 26.0 Å². The fourth-order valence-corrected chi connectivity index (χ4v) is 3.91. The molecule has 0 atom stereocenters. The molecular weight excluding hydrogens is 465 g/mol. The minimum Gasteiger partial charge on any atom is -0.505 e. The van der Waals surface area contributed by atoms with E-state index in [1.165, 1.54) is 18.3 Å². The lowest BCUT2D eigenvalue weighted by Gasteiger charge is -2.22. The van der Waals surface area contributed by atoms with Crippen LogP contribution in [0.25, 0.3) is 11.0 Å². The molecule has 1 aliphatic heterocycles. The van der Waals surface area contributed by atoms with E-state index in [2.05, 4.69) is 15.6 Å². The van der Waals surface area contributed by atoms with E-state index >= 15 is 0 Å². The predicted octanol–water partition coefficient (Wildman–Crippen LogP) is 2.64. The third-order valence-electron chi connectivity index (χ3n) is 5.93. The lowest BCUT2D eigenvalue weighted by Crippen LogP contribution is -2.40. The number of aliphatic hydroxyl groups excluding tert-OH is 1. The summed E-state index contributed by atoms with van der Waals surface area (Å²) < 4.78 is 43.4. The highest BCUT2D eigenvalue weighted by atomic mass is 19.3. The Balaban J connectivity index is 1.87. The first kappa shape index (κ1) is 24.5. The summed E-state index contributed by atoms with van der Waals surface area (Å²) in [6, 6.07) is 5.63. The molecule has 3 aromatic rings. The average molecular weight is 490 g/mol. The quantitative estimate of drug-likeness (QED) is 0.422. The number of aromatic hydroxyl groups is 1. The SMILES string of the molecule is CC(C)(CO)CNC(=O)c1c(O)c2ncc(Cc3ccc(F)cc3)c3c2n(c1=O)CC(F)(F)CN3. The number of amides is 1. The Labute approximate surface area is 198 Å².